The van der Waals surface area contributed by atoms with E-state index in [1.165, 1.54) is 0 Å². The fourth-order valence-electron chi connectivity index (χ4n) is 2.11. The molecule has 2 heterocycles. The predicted octanol–water partition coefficient (Wildman–Crippen LogP) is -1.73. The van der Waals surface area contributed by atoms with Gasteiger partial charge in [-0.3, -0.25) is 4.79 Å². The van der Waals surface area contributed by atoms with Crippen molar-refractivity contribution in [2.75, 3.05) is 19.6 Å². The molecule has 0 radical (unpaired) electrons. The number of β-amino-alcohol motifs (C(OH)–C–C–N with tert-alkyl or cyclic N) is 1. The molecule has 5 nitrogen and oxygen atoms in total. The van der Waals surface area contributed by atoms with Crippen molar-refractivity contribution in [2.24, 2.45) is 5.73 Å². The summed E-state index contributed by atoms with van der Waals surface area (Å²) < 4.78 is 0. The number of nitrogens with zero attached hydrogens (tertiary/aromatic N) is 1. The number of carbonyl (C=O) groups excluding carboxylic acids is 1. The van der Waals surface area contributed by atoms with E-state index >= 15 is 0 Å². The van der Waals surface area contributed by atoms with Crippen LogP contribution in [-0.2, 0) is 4.79 Å². The van der Waals surface area contributed by atoms with E-state index in [2.05, 4.69) is 5.32 Å². The lowest BCUT2D eigenvalue weighted by molar-refractivity contribution is -0.132. The van der Waals surface area contributed by atoms with Crippen LogP contribution < -0.4 is 11.1 Å². The molecule has 0 aromatic carbocycles. The summed E-state index contributed by atoms with van der Waals surface area (Å²) in [6.07, 6.45) is 1.05. The highest BCUT2D eigenvalue weighted by Crippen LogP contribution is 2.13. The van der Waals surface area contributed by atoms with Gasteiger partial charge in [-0.25, -0.2) is 0 Å². The summed E-state index contributed by atoms with van der Waals surface area (Å²) >= 11 is 0. The second-order valence-electron chi connectivity index (χ2n) is 4.18. The molecule has 0 unspecified atom stereocenters. The molecule has 4 N–H and O–H groups in total. The van der Waals surface area contributed by atoms with Crippen LogP contribution in [0.25, 0.3) is 0 Å². The molecular weight excluding hydrogens is 182 g/mol. The van der Waals surface area contributed by atoms with Gasteiger partial charge in [0.2, 0.25) is 5.91 Å². The molecule has 2 aliphatic rings. The molecule has 2 rings (SSSR count). The Balaban J connectivity index is 1.89. The van der Waals surface area contributed by atoms with Crippen LogP contribution >= 0.6 is 0 Å². The van der Waals surface area contributed by atoms with Gasteiger partial charge in [-0.2, -0.15) is 0 Å². The molecule has 2 fully saturated rings. The number of amides is 1. The number of likely N-dealkylation sites (tertiary alicyclic amines) is 1. The summed E-state index contributed by atoms with van der Waals surface area (Å²) in [5.41, 5.74) is 5.73. The summed E-state index contributed by atoms with van der Waals surface area (Å²) in [5.74, 6) is 0.0921. The second kappa shape index (κ2) is 3.84. The third kappa shape index (κ3) is 1.89. The number of aliphatic hydroxyl groups is 1. The molecule has 2 saturated heterocycles. The Bertz CT molecular complexity index is 212. The maximum atomic E-state index is 11.8. The number of hydrogen-bond acceptors (Lipinski definition) is 4. The quantitative estimate of drug-likeness (QED) is 0.469. The molecule has 5 heteroatoms. The Morgan fingerprint density at radius 3 is 2.86 bits per heavy atom. The molecule has 0 spiro atoms. The number of aliphatic hydroxyl groups excluding tert-OH is 1. The van der Waals surface area contributed by atoms with Gasteiger partial charge in [0, 0.05) is 25.7 Å². The fourth-order valence-corrected chi connectivity index (χ4v) is 2.11. The second-order valence-corrected chi connectivity index (χ2v) is 4.18. The van der Waals surface area contributed by atoms with Gasteiger partial charge in [-0.15, -0.1) is 0 Å². The van der Waals surface area contributed by atoms with Crippen molar-refractivity contribution in [1.82, 2.24) is 10.2 Å². The van der Waals surface area contributed by atoms with E-state index in [0.717, 1.165) is 13.0 Å². The molecule has 0 aliphatic carbocycles. The zero-order chi connectivity index (χ0) is 10.1. The molecule has 0 bridgehead atoms. The fraction of sp³-hybridized carbons (Fsp3) is 0.889. The van der Waals surface area contributed by atoms with Gasteiger partial charge < -0.3 is 21.1 Å². The summed E-state index contributed by atoms with van der Waals surface area (Å²) in [6.45, 7) is 1.94. The van der Waals surface area contributed by atoms with Crippen LogP contribution in [0, 0.1) is 0 Å². The van der Waals surface area contributed by atoms with Crippen LogP contribution in [0.4, 0.5) is 0 Å². The average molecular weight is 199 g/mol. The first-order valence-electron chi connectivity index (χ1n) is 5.12. The third-order valence-corrected chi connectivity index (χ3v) is 2.94. The number of nitrogens with one attached hydrogen (secondary N) is 1. The van der Waals surface area contributed by atoms with Crippen molar-refractivity contribution in [3.63, 3.8) is 0 Å². The van der Waals surface area contributed by atoms with Gasteiger partial charge in [0.15, 0.2) is 0 Å². The minimum Gasteiger partial charge on any atom is -0.392 e. The molecular formula is C9H17N3O2. The predicted molar refractivity (Wildman–Crippen MR) is 51.6 cm³/mol. The van der Waals surface area contributed by atoms with E-state index in [1.807, 2.05) is 0 Å². The highest BCUT2D eigenvalue weighted by molar-refractivity contribution is 5.82. The van der Waals surface area contributed by atoms with Gasteiger partial charge >= 0.3 is 0 Å². The summed E-state index contributed by atoms with van der Waals surface area (Å²) in [7, 11) is 0. The maximum Gasteiger partial charge on any atom is 0.239 e. The van der Waals surface area contributed by atoms with Crippen LogP contribution in [0.5, 0.6) is 0 Å². The van der Waals surface area contributed by atoms with Crippen molar-refractivity contribution in [1.29, 1.82) is 0 Å². The van der Waals surface area contributed by atoms with Gasteiger partial charge in [-0.1, -0.05) is 0 Å². The molecule has 3 atom stereocenters. The zero-order valence-electron chi connectivity index (χ0n) is 8.15. The zero-order valence-corrected chi connectivity index (χ0v) is 8.15. The minimum absolute atomic E-state index is 0.0921. The number of hydrogen-bond donors (Lipinski definition) is 3. The van der Waals surface area contributed by atoms with Crippen LogP contribution in [0.15, 0.2) is 0 Å². The van der Waals surface area contributed by atoms with Gasteiger partial charge in [0.05, 0.1) is 12.1 Å². The van der Waals surface area contributed by atoms with E-state index in [-0.39, 0.29) is 24.1 Å². The van der Waals surface area contributed by atoms with Crippen molar-refractivity contribution in [3.8, 4) is 0 Å². The normalized spacial score (nSPS) is 37.9. The lowest BCUT2D eigenvalue weighted by atomic mass is 10.2. The van der Waals surface area contributed by atoms with E-state index in [4.69, 9.17) is 5.73 Å². The highest BCUT2D eigenvalue weighted by Gasteiger charge is 2.33. The van der Waals surface area contributed by atoms with Crippen LogP contribution in [0.1, 0.15) is 12.8 Å². The monoisotopic (exact) mass is 199 g/mol. The Morgan fingerprint density at radius 2 is 2.36 bits per heavy atom. The van der Waals surface area contributed by atoms with Crippen molar-refractivity contribution >= 4 is 5.91 Å². The SMILES string of the molecule is N[C@H]1CCN(C(=O)[C@H]2C[C@@H](O)CN2)C1. The topological polar surface area (TPSA) is 78.6 Å². The summed E-state index contributed by atoms with van der Waals surface area (Å²) in [4.78, 5) is 13.6. The van der Waals surface area contributed by atoms with Crippen molar-refractivity contribution in [3.05, 3.63) is 0 Å². The molecule has 80 valence electrons. The van der Waals surface area contributed by atoms with Gasteiger partial charge in [-0.05, 0) is 12.8 Å². The highest BCUT2D eigenvalue weighted by atomic mass is 16.3. The molecule has 1 amide bonds. The van der Waals surface area contributed by atoms with E-state index < -0.39 is 0 Å². The van der Waals surface area contributed by atoms with Gasteiger partial charge in [0.25, 0.3) is 0 Å². The maximum absolute atomic E-state index is 11.8. The summed E-state index contributed by atoms with van der Waals surface area (Å²) in [5, 5.41) is 12.3. The Kier molecular flexibility index (Phi) is 2.71. The number of carbonyl (C=O) groups is 1. The van der Waals surface area contributed by atoms with E-state index in [9.17, 15) is 9.90 Å². The Morgan fingerprint density at radius 1 is 1.57 bits per heavy atom. The first kappa shape index (κ1) is 9.89. The standard InChI is InChI=1S/C9H17N3O2/c10-6-1-2-12(5-6)9(14)8-3-7(13)4-11-8/h6-8,11,13H,1-5,10H2/t6-,7+,8+/m0/s1. The van der Waals surface area contributed by atoms with Gasteiger partial charge in [0.1, 0.15) is 0 Å². The molecule has 0 aromatic heterocycles. The van der Waals surface area contributed by atoms with E-state index in [0.29, 0.717) is 19.5 Å². The van der Waals surface area contributed by atoms with Crippen LogP contribution in [0.2, 0.25) is 0 Å². The minimum atomic E-state index is -0.375. The third-order valence-electron chi connectivity index (χ3n) is 2.94. The van der Waals surface area contributed by atoms with E-state index in [1.54, 1.807) is 4.90 Å². The van der Waals surface area contributed by atoms with Crippen LogP contribution in [0.3, 0.4) is 0 Å². The number of rotatable bonds is 1. The largest absolute Gasteiger partial charge is 0.392 e. The first-order valence-corrected chi connectivity index (χ1v) is 5.12. The molecule has 14 heavy (non-hydrogen) atoms. The van der Waals surface area contributed by atoms with Crippen LogP contribution in [-0.4, -0.2) is 53.7 Å². The summed E-state index contributed by atoms with van der Waals surface area (Å²) in [6, 6.07) is -0.0689. The smallest absolute Gasteiger partial charge is 0.239 e. The molecule has 0 aromatic rings. The average Bonchev–Trinajstić information content (AvgIpc) is 2.73. The lowest BCUT2D eigenvalue weighted by Crippen LogP contribution is -2.43. The van der Waals surface area contributed by atoms with Crippen molar-refractivity contribution < 1.29 is 9.90 Å². The Labute approximate surface area is 83.3 Å². The lowest BCUT2D eigenvalue weighted by Gasteiger charge is -2.19. The first-order chi connectivity index (χ1) is 6.66. The molecule has 0 saturated carbocycles. The molecule has 2 aliphatic heterocycles. The number of nitrogens with two attached hydrogens (primary N) is 1. The Hall–Kier alpha value is -0.650. The van der Waals surface area contributed by atoms with Crippen molar-refractivity contribution in [2.45, 2.75) is 31.0 Å².